The summed E-state index contributed by atoms with van der Waals surface area (Å²) in [4.78, 5) is 5.65. The minimum Gasteiger partial charge on any atom is -0.490 e. The summed E-state index contributed by atoms with van der Waals surface area (Å²) in [6.07, 6.45) is 1.64. The van der Waals surface area contributed by atoms with E-state index in [1.165, 1.54) is 16.3 Å². The molecule has 7 heteroatoms. The Hall–Kier alpha value is -3.68. The lowest BCUT2D eigenvalue weighted by molar-refractivity contribution is 0.0599. The van der Waals surface area contributed by atoms with Gasteiger partial charge < -0.3 is 24.1 Å². The van der Waals surface area contributed by atoms with Gasteiger partial charge in [0.2, 0.25) is 5.89 Å². The number of aliphatic hydroxyl groups excluding tert-OH is 1. The summed E-state index contributed by atoms with van der Waals surface area (Å²) in [6, 6.07) is 23.0. The Morgan fingerprint density at radius 3 is 2.67 bits per heavy atom. The van der Waals surface area contributed by atoms with E-state index in [0.29, 0.717) is 24.2 Å². The van der Waals surface area contributed by atoms with Gasteiger partial charge in [0.05, 0.1) is 0 Å². The molecular formula is C29H30N4O3. The van der Waals surface area contributed by atoms with Crippen LogP contribution < -0.4 is 4.74 Å². The van der Waals surface area contributed by atoms with Crippen LogP contribution in [0.1, 0.15) is 30.2 Å². The van der Waals surface area contributed by atoms with Crippen LogP contribution >= 0.6 is 0 Å². The number of nitrogens with zero attached hydrogens (tertiary/aromatic N) is 3. The number of β-amino-alcohol motifs (C(OH)–C–C–N with tert-alkyl or cyclic N) is 1. The normalized spacial score (nSPS) is 16.1. The Labute approximate surface area is 209 Å². The number of aliphatic hydroxyl groups is 1. The molecule has 36 heavy (non-hydrogen) atoms. The molecular weight excluding hydrogens is 452 g/mol. The first-order chi connectivity index (χ1) is 17.6. The van der Waals surface area contributed by atoms with Crippen molar-refractivity contribution in [2.24, 2.45) is 0 Å². The standard InChI is InChI=1S/C29H30N4O3/c1-19-31-32-29(36-19)27-16-25-26(30-27)10-5-11-28(25)35-18-22(34)17-33-14-12-21(13-15-33)24-9-4-7-20-6-2-3-8-23(20)24/h2-11,16,21-22,30,34H,12-15,17-18H2,1H3. The van der Waals surface area contributed by atoms with Crippen LogP contribution in [0.25, 0.3) is 33.3 Å². The molecule has 0 spiro atoms. The highest BCUT2D eigenvalue weighted by atomic mass is 16.5. The Kier molecular flexibility index (Phi) is 6.17. The van der Waals surface area contributed by atoms with Crippen molar-refractivity contribution in [1.29, 1.82) is 0 Å². The summed E-state index contributed by atoms with van der Waals surface area (Å²) in [5.74, 6) is 2.25. The van der Waals surface area contributed by atoms with Gasteiger partial charge in [-0.15, -0.1) is 10.2 Å². The molecule has 1 aliphatic rings. The van der Waals surface area contributed by atoms with Crippen LogP contribution in [0.4, 0.5) is 0 Å². The lowest BCUT2D eigenvalue weighted by Crippen LogP contribution is -2.40. The second-order valence-electron chi connectivity index (χ2n) is 9.63. The van der Waals surface area contributed by atoms with Crippen molar-refractivity contribution in [3.05, 3.63) is 78.2 Å². The van der Waals surface area contributed by atoms with Crippen LogP contribution in [-0.2, 0) is 0 Å². The summed E-state index contributed by atoms with van der Waals surface area (Å²) < 4.78 is 11.6. The monoisotopic (exact) mass is 482 g/mol. The number of rotatable bonds is 7. The highest BCUT2D eigenvalue weighted by molar-refractivity contribution is 5.90. The zero-order valence-corrected chi connectivity index (χ0v) is 20.4. The van der Waals surface area contributed by atoms with E-state index in [0.717, 1.165) is 48.3 Å². The van der Waals surface area contributed by atoms with Crippen LogP contribution in [0.2, 0.25) is 0 Å². The van der Waals surface area contributed by atoms with E-state index in [2.05, 4.69) is 62.5 Å². The average Bonchev–Trinajstić information content (AvgIpc) is 3.54. The number of aryl methyl sites for hydroxylation is 1. The Balaban J connectivity index is 1.06. The van der Waals surface area contributed by atoms with Crippen molar-refractivity contribution in [3.63, 3.8) is 0 Å². The number of hydrogen-bond donors (Lipinski definition) is 2. The van der Waals surface area contributed by atoms with Crippen molar-refractivity contribution in [3.8, 4) is 17.3 Å². The lowest BCUT2D eigenvalue weighted by Gasteiger charge is -2.33. The molecule has 0 aliphatic carbocycles. The number of benzene rings is 3. The van der Waals surface area contributed by atoms with Crippen molar-refractivity contribution < 1.29 is 14.3 Å². The largest absolute Gasteiger partial charge is 0.490 e. The van der Waals surface area contributed by atoms with E-state index >= 15 is 0 Å². The second kappa shape index (κ2) is 9.76. The predicted molar refractivity (Wildman–Crippen MR) is 140 cm³/mol. The minimum atomic E-state index is -0.564. The van der Waals surface area contributed by atoms with Gasteiger partial charge in [0.15, 0.2) is 0 Å². The molecule has 2 N–H and O–H groups in total. The van der Waals surface area contributed by atoms with Gasteiger partial charge >= 0.3 is 0 Å². The molecule has 0 bridgehead atoms. The van der Waals surface area contributed by atoms with Crippen LogP contribution in [0.5, 0.6) is 5.75 Å². The maximum absolute atomic E-state index is 10.7. The van der Waals surface area contributed by atoms with Gasteiger partial charge in [-0.3, -0.25) is 0 Å². The van der Waals surface area contributed by atoms with E-state index in [9.17, 15) is 5.11 Å². The molecule has 0 radical (unpaired) electrons. The number of hydrogen-bond acceptors (Lipinski definition) is 6. The van der Waals surface area contributed by atoms with Crippen LogP contribution in [0.3, 0.4) is 0 Å². The molecule has 3 aromatic carbocycles. The first-order valence-corrected chi connectivity index (χ1v) is 12.6. The molecule has 1 fully saturated rings. The minimum absolute atomic E-state index is 0.239. The van der Waals surface area contributed by atoms with Crippen molar-refractivity contribution in [1.82, 2.24) is 20.1 Å². The van der Waals surface area contributed by atoms with Crippen LogP contribution in [0, 0.1) is 6.92 Å². The maximum Gasteiger partial charge on any atom is 0.264 e. The van der Waals surface area contributed by atoms with Crippen molar-refractivity contribution in [2.75, 3.05) is 26.2 Å². The Morgan fingerprint density at radius 1 is 1.03 bits per heavy atom. The molecule has 1 aliphatic heterocycles. The van der Waals surface area contributed by atoms with Gasteiger partial charge in [-0.25, -0.2) is 0 Å². The van der Waals surface area contributed by atoms with Gasteiger partial charge in [0, 0.05) is 24.4 Å². The zero-order valence-electron chi connectivity index (χ0n) is 20.4. The van der Waals surface area contributed by atoms with Gasteiger partial charge in [0.25, 0.3) is 5.89 Å². The fourth-order valence-corrected chi connectivity index (χ4v) is 5.34. The quantitative estimate of drug-likeness (QED) is 0.327. The topological polar surface area (TPSA) is 87.4 Å². The first-order valence-electron chi connectivity index (χ1n) is 12.6. The average molecular weight is 483 g/mol. The molecule has 7 nitrogen and oxygen atoms in total. The van der Waals surface area contributed by atoms with E-state index < -0.39 is 6.10 Å². The van der Waals surface area contributed by atoms with E-state index in [-0.39, 0.29) is 6.61 Å². The number of piperidine rings is 1. The molecule has 1 atom stereocenters. The van der Waals surface area contributed by atoms with Gasteiger partial charge in [-0.2, -0.15) is 0 Å². The zero-order chi connectivity index (χ0) is 24.5. The highest BCUT2D eigenvalue weighted by Crippen LogP contribution is 2.33. The van der Waals surface area contributed by atoms with Crippen LogP contribution in [-0.4, -0.2) is 57.5 Å². The number of nitrogens with one attached hydrogen (secondary N) is 1. The number of H-pyrrole nitrogens is 1. The molecule has 184 valence electrons. The van der Waals surface area contributed by atoms with Gasteiger partial charge in [-0.1, -0.05) is 48.5 Å². The summed E-state index contributed by atoms with van der Waals surface area (Å²) in [5.41, 5.74) is 3.12. The summed E-state index contributed by atoms with van der Waals surface area (Å²) in [5, 5.41) is 22.3. The summed E-state index contributed by atoms with van der Waals surface area (Å²) >= 11 is 0. The summed E-state index contributed by atoms with van der Waals surface area (Å²) in [7, 11) is 0. The number of fused-ring (bicyclic) bond motifs is 2. The molecule has 0 amide bonds. The summed E-state index contributed by atoms with van der Waals surface area (Å²) in [6.45, 7) is 4.57. The van der Waals surface area contributed by atoms with Crippen LogP contribution in [0.15, 0.2) is 71.1 Å². The Bertz CT molecular complexity index is 1480. The van der Waals surface area contributed by atoms with Gasteiger partial charge in [0.1, 0.15) is 24.2 Å². The molecule has 0 saturated carbocycles. The van der Waals surface area contributed by atoms with E-state index in [4.69, 9.17) is 9.15 Å². The third-order valence-corrected chi connectivity index (χ3v) is 7.13. The van der Waals surface area contributed by atoms with Gasteiger partial charge in [-0.05, 0) is 66.4 Å². The predicted octanol–water partition coefficient (Wildman–Crippen LogP) is 5.30. The molecule has 6 rings (SSSR count). The number of ether oxygens (including phenoxy) is 1. The van der Waals surface area contributed by atoms with Crippen molar-refractivity contribution >= 4 is 21.7 Å². The lowest BCUT2D eigenvalue weighted by atomic mass is 9.86. The second-order valence-corrected chi connectivity index (χ2v) is 9.63. The van der Waals surface area contributed by atoms with E-state index in [1.807, 2.05) is 24.3 Å². The Morgan fingerprint density at radius 2 is 1.83 bits per heavy atom. The maximum atomic E-state index is 10.7. The third kappa shape index (κ3) is 4.59. The number of likely N-dealkylation sites (tertiary alicyclic amines) is 1. The highest BCUT2D eigenvalue weighted by Gasteiger charge is 2.23. The fraction of sp³-hybridized carbons (Fsp3) is 0.310. The molecule has 1 unspecified atom stereocenters. The molecule has 1 saturated heterocycles. The third-order valence-electron chi connectivity index (χ3n) is 7.13. The molecule has 5 aromatic rings. The smallest absolute Gasteiger partial charge is 0.264 e. The first kappa shape index (κ1) is 22.8. The fourth-order valence-electron chi connectivity index (χ4n) is 5.34. The molecule has 3 heterocycles. The number of aromatic amines is 1. The van der Waals surface area contributed by atoms with Crippen molar-refractivity contribution in [2.45, 2.75) is 31.8 Å². The molecule has 2 aromatic heterocycles. The SMILES string of the molecule is Cc1nnc(-c2cc3c(OCC(O)CN4CCC(c5cccc6ccccc56)CC4)cccc3[nH]2)o1. The number of aromatic nitrogens is 3. The van der Waals surface area contributed by atoms with E-state index in [1.54, 1.807) is 6.92 Å².